The Morgan fingerprint density at radius 3 is 2.38 bits per heavy atom. The molecule has 0 fully saturated rings. The summed E-state index contributed by atoms with van der Waals surface area (Å²) in [5.74, 6) is 0.00410. The molecule has 0 radical (unpaired) electrons. The van der Waals surface area contributed by atoms with Crippen LogP contribution in [0, 0.1) is 0 Å². The highest BCUT2D eigenvalue weighted by molar-refractivity contribution is 6.11. The summed E-state index contributed by atoms with van der Waals surface area (Å²) in [7, 11) is 0. The van der Waals surface area contributed by atoms with Crippen molar-refractivity contribution in [1.82, 2.24) is 0 Å². The monoisotopic (exact) mass is 453 g/mol. The summed E-state index contributed by atoms with van der Waals surface area (Å²) in [4.78, 5) is 28.9. The van der Waals surface area contributed by atoms with Gasteiger partial charge in [0.05, 0.1) is 13.0 Å². The van der Waals surface area contributed by atoms with Crippen LogP contribution in [0.15, 0.2) is 95.6 Å². The van der Waals surface area contributed by atoms with Gasteiger partial charge in [0.15, 0.2) is 17.2 Å². The van der Waals surface area contributed by atoms with Crippen molar-refractivity contribution >= 4 is 30.0 Å². The van der Waals surface area contributed by atoms with Crippen LogP contribution < -0.4 is 9.47 Å². The smallest absolute Gasteiger partial charge is 0.363 e. The topological polar surface area (TPSA) is 74.2 Å². The number of hydrogen-bond acceptors (Lipinski definition) is 6. The fraction of sp³-hybridized carbons (Fsp3) is 0.107. The molecule has 170 valence electrons. The number of nitrogens with zero attached hydrogens (tertiary/aromatic N) is 1. The van der Waals surface area contributed by atoms with Gasteiger partial charge in [-0.2, -0.15) is 0 Å². The molecule has 0 saturated heterocycles. The van der Waals surface area contributed by atoms with Crippen molar-refractivity contribution in [1.29, 1.82) is 0 Å². The van der Waals surface area contributed by atoms with Gasteiger partial charge in [-0.25, -0.2) is 9.79 Å². The van der Waals surface area contributed by atoms with E-state index < -0.39 is 11.9 Å². The van der Waals surface area contributed by atoms with Gasteiger partial charge in [-0.1, -0.05) is 66.7 Å². The fourth-order valence-electron chi connectivity index (χ4n) is 3.27. The van der Waals surface area contributed by atoms with Gasteiger partial charge < -0.3 is 14.2 Å². The highest BCUT2D eigenvalue weighted by Gasteiger charge is 2.21. The number of cyclic esters (lactones) is 1. The van der Waals surface area contributed by atoms with Crippen molar-refractivity contribution in [2.45, 2.75) is 13.3 Å². The van der Waals surface area contributed by atoms with Crippen molar-refractivity contribution in [3.63, 3.8) is 0 Å². The molecule has 1 heterocycles. The number of aliphatic imine (C=N–C) groups is 1. The maximum Gasteiger partial charge on any atom is 0.363 e. The average Bonchev–Trinajstić information content (AvgIpc) is 3.20. The van der Waals surface area contributed by atoms with Crippen LogP contribution in [0.1, 0.15) is 23.6 Å². The first-order chi connectivity index (χ1) is 16.6. The third kappa shape index (κ3) is 6.07. The van der Waals surface area contributed by atoms with Gasteiger partial charge in [0, 0.05) is 6.08 Å². The number of carbonyl (C=O) groups excluding carboxylic acids is 2. The second-order valence-electron chi connectivity index (χ2n) is 7.39. The molecule has 0 aromatic heterocycles. The average molecular weight is 453 g/mol. The zero-order chi connectivity index (χ0) is 23.8. The lowest BCUT2D eigenvalue weighted by atomic mass is 10.1. The molecular weight excluding hydrogens is 430 g/mol. The van der Waals surface area contributed by atoms with Gasteiger partial charge >= 0.3 is 11.9 Å². The molecule has 6 nitrogen and oxygen atoms in total. The molecule has 0 amide bonds. The Hall–Kier alpha value is -4.45. The number of benzene rings is 3. The third-order valence-electron chi connectivity index (χ3n) is 4.84. The van der Waals surface area contributed by atoms with Gasteiger partial charge in [-0.15, -0.1) is 0 Å². The molecule has 34 heavy (non-hydrogen) atoms. The Morgan fingerprint density at radius 1 is 0.912 bits per heavy atom. The molecule has 0 aliphatic carbocycles. The number of hydrogen-bond donors (Lipinski definition) is 0. The molecule has 0 saturated carbocycles. The zero-order valence-electron chi connectivity index (χ0n) is 18.6. The van der Waals surface area contributed by atoms with E-state index in [1.165, 1.54) is 0 Å². The minimum absolute atomic E-state index is 0.151. The van der Waals surface area contributed by atoms with Crippen LogP contribution in [0.25, 0.3) is 12.2 Å². The molecule has 6 heteroatoms. The molecule has 3 aromatic carbocycles. The first kappa shape index (κ1) is 22.7. The molecule has 0 atom stereocenters. The highest BCUT2D eigenvalue weighted by Crippen LogP contribution is 2.30. The van der Waals surface area contributed by atoms with Crippen molar-refractivity contribution in [2.24, 2.45) is 4.99 Å². The first-order valence-electron chi connectivity index (χ1n) is 10.9. The van der Waals surface area contributed by atoms with E-state index >= 15 is 0 Å². The minimum Gasteiger partial charge on any atom is -0.490 e. The zero-order valence-corrected chi connectivity index (χ0v) is 18.6. The van der Waals surface area contributed by atoms with Crippen molar-refractivity contribution in [3.8, 4) is 11.5 Å². The van der Waals surface area contributed by atoms with E-state index in [9.17, 15) is 9.59 Å². The Balaban J connectivity index is 1.50. The fourth-order valence-corrected chi connectivity index (χ4v) is 3.27. The van der Waals surface area contributed by atoms with Gasteiger partial charge in [0.25, 0.3) is 0 Å². The number of rotatable bonds is 8. The summed E-state index contributed by atoms with van der Waals surface area (Å²) < 4.78 is 16.4. The van der Waals surface area contributed by atoms with E-state index in [-0.39, 0.29) is 18.0 Å². The second-order valence-corrected chi connectivity index (χ2v) is 7.39. The van der Waals surface area contributed by atoms with E-state index in [0.29, 0.717) is 23.7 Å². The van der Waals surface area contributed by atoms with Crippen LogP contribution in [0.3, 0.4) is 0 Å². The van der Waals surface area contributed by atoms with Crippen molar-refractivity contribution in [3.05, 3.63) is 107 Å². The van der Waals surface area contributed by atoms with Gasteiger partial charge in [-0.05, 0) is 47.9 Å². The maximum absolute atomic E-state index is 12.4. The SMILES string of the molecule is CCOc1cc(/C=C2N=C(/C=C/c3ccccc3)OC/2=O)ccc1OC(=O)Cc1ccccc1. The quantitative estimate of drug-likeness (QED) is 0.265. The van der Waals surface area contributed by atoms with Gasteiger partial charge in [0.1, 0.15) is 0 Å². The molecule has 4 rings (SSSR count). The molecule has 0 unspecified atom stereocenters. The standard InChI is InChI=1S/C28H23NO5/c1-2-32-25-18-22(13-15-24(25)33-27(30)19-21-11-7-4-8-12-21)17-23-28(31)34-26(29-23)16-14-20-9-5-3-6-10-20/h3-18H,2,19H2,1H3/b16-14+,23-17+. The minimum atomic E-state index is -0.538. The van der Waals surface area contributed by atoms with E-state index in [2.05, 4.69) is 4.99 Å². The van der Waals surface area contributed by atoms with Crippen LogP contribution in [-0.2, 0) is 20.7 Å². The van der Waals surface area contributed by atoms with Crippen molar-refractivity contribution < 1.29 is 23.8 Å². The summed E-state index contributed by atoms with van der Waals surface area (Å²) >= 11 is 0. The number of esters is 2. The van der Waals surface area contributed by atoms with Gasteiger partial charge in [-0.3, -0.25) is 4.79 Å². The van der Waals surface area contributed by atoms with E-state index in [0.717, 1.165) is 11.1 Å². The normalized spacial score (nSPS) is 14.2. The summed E-state index contributed by atoms with van der Waals surface area (Å²) in [5.41, 5.74) is 2.67. The molecule has 1 aliphatic heterocycles. The summed E-state index contributed by atoms with van der Waals surface area (Å²) in [6.07, 6.45) is 5.22. The number of ether oxygens (including phenoxy) is 3. The molecule has 1 aliphatic rings. The molecule has 0 N–H and O–H groups in total. The van der Waals surface area contributed by atoms with Crippen molar-refractivity contribution in [2.75, 3.05) is 6.61 Å². The summed E-state index contributed by atoms with van der Waals surface area (Å²) in [6, 6.07) is 24.1. The lowest BCUT2D eigenvalue weighted by Crippen LogP contribution is -2.12. The summed E-state index contributed by atoms with van der Waals surface area (Å²) in [5, 5.41) is 0. The van der Waals surface area contributed by atoms with Crippen LogP contribution in [-0.4, -0.2) is 24.4 Å². The Kier molecular flexibility index (Phi) is 7.30. The van der Waals surface area contributed by atoms with Crippen LogP contribution in [0.4, 0.5) is 0 Å². The lowest BCUT2D eigenvalue weighted by molar-refractivity contribution is -0.133. The molecular formula is C28H23NO5. The van der Waals surface area contributed by atoms with E-state index in [4.69, 9.17) is 14.2 Å². The Labute approximate surface area is 197 Å². The molecule has 3 aromatic rings. The largest absolute Gasteiger partial charge is 0.490 e. The third-order valence-corrected chi connectivity index (χ3v) is 4.84. The van der Waals surface area contributed by atoms with E-state index in [1.54, 1.807) is 30.4 Å². The Morgan fingerprint density at radius 2 is 1.65 bits per heavy atom. The van der Waals surface area contributed by atoms with Crippen LogP contribution in [0.5, 0.6) is 11.5 Å². The highest BCUT2D eigenvalue weighted by atomic mass is 16.6. The van der Waals surface area contributed by atoms with Gasteiger partial charge in [0.2, 0.25) is 5.90 Å². The molecule has 0 bridgehead atoms. The van der Waals surface area contributed by atoms with Crippen LogP contribution >= 0.6 is 0 Å². The van der Waals surface area contributed by atoms with E-state index in [1.807, 2.05) is 73.7 Å². The lowest BCUT2D eigenvalue weighted by Gasteiger charge is -2.11. The Bertz CT molecular complexity index is 1260. The number of carbonyl (C=O) groups is 2. The predicted octanol–water partition coefficient (Wildman–Crippen LogP) is 5.24. The summed E-state index contributed by atoms with van der Waals surface area (Å²) in [6.45, 7) is 2.22. The first-order valence-corrected chi connectivity index (χ1v) is 10.9. The van der Waals surface area contributed by atoms with Crippen LogP contribution in [0.2, 0.25) is 0 Å². The second kappa shape index (κ2) is 10.9. The maximum atomic E-state index is 12.4. The predicted molar refractivity (Wildman–Crippen MR) is 130 cm³/mol. The molecule has 0 spiro atoms.